The Labute approximate surface area is 117 Å². The molecular formula is C13H19N5S. The molecule has 1 N–H and O–H groups in total. The minimum absolute atomic E-state index is 0.342. The number of thiazole rings is 1. The van der Waals surface area contributed by atoms with E-state index >= 15 is 0 Å². The van der Waals surface area contributed by atoms with Gasteiger partial charge in [-0.05, 0) is 20.3 Å². The summed E-state index contributed by atoms with van der Waals surface area (Å²) in [5, 5.41) is 13.4. The molecule has 0 bridgehead atoms. The van der Waals surface area contributed by atoms with E-state index in [-0.39, 0.29) is 0 Å². The van der Waals surface area contributed by atoms with Gasteiger partial charge in [-0.1, -0.05) is 13.3 Å². The van der Waals surface area contributed by atoms with Crippen molar-refractivity contribution in [2.45, 2.75) is 46.2 Å². The van der Waals surface area contributed by atoms with Crippen LogP contribution in [-0.2, 0) is 6.54 Å². The van der Waals surface area contributed by atoms with Crippen LogP contribution in [0.3, 0.4) is 0 Å². The third-order valence-corrected chi connectivity index (χ3v) is 4.57. The van der Waals surface area contributed by atoms with Crippen LogP contribution in [0.4, 0.5) is 0 Å². The minimum Gasteiger partial charge on any atom is -0.308 e. The first-order valence-corrected chi connectivity index (χ1v) is 7.63. The van der Waals surface area contributed by atoms with Crippen molar-refractivity contribution in [2.75, 3.05) is 6.54 Å². The Hall–Kier alpha value is -1.27. The summed E-state index contributed by atoms with van der Waals surface area (Å²) in [7, 11) is 0. The second-order valence-corrected chi connectivity index (χ2v) is 6.18. The van der Waals surface area contributed by atoms with E-state index in [1.807, 2.05) is 13.8 Å². The van der Waals surface area contributed by atoms with Crippen LogP contribution >= 0.6 is 11.3 Å². The fourth-order valence-electron chi connectivity index (χ4n) is 2.66. The molecule has 1 aliphatic heterocycles. The molecule has 0 saturated carbocycles. The molecule has 2 aromatic heterocycles. The lowest BCUT2D eigenvalue weighted by molar-refractivity contribution is 0.394. The van der Waals surface area contributed by atoms with E-state index in [2.05, 4.69) is 32.0 Å². The predicted molar refractivity (Wildman–Crippen MR) is 76.3 cm³/mol. The average molecular weight is 277 g/mol. The van der Waals surface area contributed by atoms with Crippen molar-refractivity contribution in [1.29, 1.82) is 0 Å². The number of aryl methyl sites for hydroxylation is 2. The lowest BCUT2D eigenvalue weighted by Gasteiger charge is -2.24. The lowest BCUT2D eigenvalue weighted by Crippen LogP contribution is -2.33. The van der Waals surface area contributed by atoms with Crippen molar-refractivity contribution in [1.82, 2.24) is 25.1 Å². The van der Waals surface area contributed by atoms with Gasteiger partial charge < -0.3 is 9.88 Å². The topological polar surface area (TPSA) is 55.6 Å². The van der Waals surface area contributed by atoms with Gasteiger partial charge in [0.2, 0.25) is 0 Å². The number of aromatic nitrogens is 4. The summed E-state index contributed by atoms with van der Waals surface area (Å²) >= 11 is 1.70. The molecule has 0 amide bonds. The molecule has 1 atom stereocenters. The average Bonchev–Trinajstić information content (AvgIpc) is 2.93. The molecule has 0 spiro atoms. The van der Waals surface area contributed by atoms with Crippen LogP contribution in [0.15, 0.2) is 0 Å². The molecule has 0 radical (unpaired) electrons. The molecule has 5 nitrogen and oxygen atoms in total. The second-order valence-electron chi connectivity index (χ2n) is 4.98. The first-order valence-electron chi connectivity index (χ1n) is 6.81. The molecule has 3 rings (SSSR count). The third-order valence-electron chi connectivity index (χ3n) is 3.50. The van der Waals surface area contributed by atoms with Crippen molar-refractivity contribution < 1.29 is 0 Å². The summed E-state index contributed by atoms with van der Waals surface area (Å²) in [5.74, 6) is 2.06. The largest absolute Gasteiger partial charge is 0.308 e. The maximum absolute atomic E-state index is 4.49. The molecule has 1 unspecified atom stereocenters. The van der Waals surface area contributed by atoms with E-state index in [1.54, 1.807) is 11.3 Å². The van der Waals surface area contributed by atoms with Crippen LogP contribution in [0.25, 0.3) is 10.7 Å². The monoisotopic (exact) mass is 277 g/mol. The van der Waals surface area contributed by atoms with Gasteiger partial charge in [0, 0.05) is 13.1 Å². The SMILES string of the molecule is CCCC1NCCn2c(-c3sc(C)nc3C)nnc21. The highest BCUT2D eigenvalue weighted by molar-refractivity contribution is 7.15. The Morgan fingerprint density at radius 1 is 1.37 bits per heavy atom. The van der Waals surface area contributed by atoms with E-state index < -0.39 is 0 Å². The van der Waals surface area contributed by atoms with Gasteiger partial charge >= 0.3 is 0 Å². The molecule has 19 heavy (non-hydrogen) atoms. The Morgan fingerprint density at radius 2 is 2.21 bits per heavy atom. The number of fused-ring (bicyclic) bond motifs is 1. The van der Waals surface area contributed by atoms with Gasteiger partial charge in [0.1, 0.15) is 0 Å². The summed E-state index contributed by atoms with van der Waals surface area (Å²) in [6.07, 6.45) is 2.26. The van der Waals surface area contributed by atoms with Crippen LogP contribution in [0.5, 0.6) is 0 Å². The van der Waals surface area contributed by atoms with Crippen molar-refractivity contribution >= 4 is 11.3 Å². The Bertz CT molecular complexity index is 586. The summed E-state index contributed by atoms with van der Waals surface area (Å²) in [6, 6.07) is 0.342. The molecule has 6 heteroatoms. The first kappa shape index (κ1) is 12.7. The Morgan fingerprint density at radius 3 is 2.89 bits per heavy atom. The van der Waals surface area contributed by atoms with E-state index in [9.17, 15) is 0 Å². The molecule has 0 fully saturated rings. The van der Waals surface area contributed by atoms with Gasteiger partial charge in [0.25, 0.3) is 0 Å². The van der Waals surface area contributed by atoms with Gasteiger partial charge in [-0.25, -0.2) is 4.98 Å². The highest BCUT2D eigenvalue weighted by Crippen LogP contribution is 2.31. The van der Waals surface area contributed by atoms with E-state index in [1.165, 1.54) is 0 Å². The third kappa shape index (κ3) is 2.19. The van der Waals surface area contributed by atoms with Crippen LogP contribution in [-0.4, -0.2) is 26.3 Å². The summed E-state index contributed by atoms with van der Waals surface area (Å²) in [6.45, 7) is 8.21. The maximum Gasteiger partial charge on any atom is 0.176 e. The van der Waals surface area contributed by atoms with E-state index in [0.29, 0.717) is 6.04 Å². The quantitative estimate of drug-likeness (QED) is 0.936. The lowest BCUT2D eigenvalue weighted by atomic mass is 10.1. The zero-order valence-electron chi connectivity index (χ0n) is 11.6. The number of hydrogen-bond donors (Lipinski definition) is 1. The highest BCUT2D eigenvalue weighted by atomic mass is 32.1. The molecule has 0 saturated heterocycles. The fraction of sp³-hybridized carbons (Fsp3) is 0.615. The highest BCUT2D eigenvalue weighted by Gasteiger charge is 2.26. The number of hydrogen-bond acceptors (Lipinski definition) is 5. The Balaban J connectivity index is 2.03. The van der Waals surface area contributed by atoms with Crippen LogP contribution in [0.1, 0.15) is 42.3 Å². The van der Waals surface area contributed by atoms with Gasteiger partial charge in [0.05, 0.1) is 21.6 Å². The van der Waals surface area contributed by atoms with E-state index in [0.717, 1.165) is 53.2 Å². The maximum atomic E-state index is 4.49. The van der Waals surface area contributed by atoms with Crippen LogP contribution < -0.4 is 5.32 Å². The minimum atomic E-state index is 0.342. The summed E-state index contributed by atoms with van der Waals surface area (Å²) < 4.78 is 2.26. The molecule has 3 heterocycles. The molecule has 0 aliphatic carbocycles. The summed E-state index contributed by atoms with van der Waals surface area (Å²) in [4.78, 5) is 5.65. The zero-order valence-corrected chi connectivity index (χ0v) is 12.4. The van der Waals surface area contributed by atoms with Gasteiger partial charge in [-0.15, -0.1) is 21.5 Å². The first-order chi connectivity index (χ1) is 9.20. The van der Waals surface area contributed by atoms with Crippen LogP contribution in [0, 0.1) is 13.8 Å². The summed E-state index contributed by atoms with van der Waals surface area (Å²) in [5.41, 5.74) is 1.06. The smallest absolute Gasteiger partial charge is 0.176 e. The molecule has 2 aromatic rings. The molecule has 1 aliphatic rings. The standard InChI is InChI=1S/C13H19N5S/c1-4-5-10-12-16-17-13(18(12)7-6-14-10)11-8(2)15-9(3)19-11/h10,14H,4-7H2,1-3H3. The predicted octanol–water partition coefficient (Wildman–Crippen LogP) is 2.46. The van der Waals surface area contributed by atoms with Crippen molar-refractivity contribution in [3.05, 3.63) is 16.5 Å². The van der Waals surface area contributed by atoms with Crippen molar-refractivity contribution in [2.24, 2.45) is 0 Å². The second kappa shape index (κ2) is 5.02. The van der Waals surface area contributed by atoms with E-state index in [4.69, 9.17) is 0 Å². The fourth-order valence-corrected chi connectivity index (χ4v) is 3.58. The zero-order chi connectivity index (χ0) is 13.4. The molecular weight excluding hydrogens is 258 g/mol. The number of nitrogens with one attached hydrogen (secondary N) is 1. The van der Waals surface area contributed by atoms with Gasteiger partial charge in [-0.3, -0.25) is 0 Å². The van der Waals surface area contributed by atoms with Gasteiger partial charge in [0.15, 0.2) is 11.6 Å². The number of nitrogens with zero attached hydrogens (tertiary/aromatic N) is 4. The van der Waals surface area contributed by atoms with Crippen LogP contribution in [0.2, 0.25) is 0 Å². The number of rotatable bonds is 3. The molecule has 0 aromatic carbocycles. The Kier molecular flexibility index (Phi) is 3.36. The molecule has 102 valence electrons. The normalized spacial score (nSPS) is 18.6. The van der Waals surface area contributed by atoms with Crippen molar-refractivity contribution in [3.8, 4) is 10.7 Å². The van der Waals surface area contributed by atoms with Crippen molar-refractivity contribution in [3.63, 3.8) is 0 Å². The van der Waals surface area contributed by atoms with Gasteiger partial charge in [-0.2, -0.15) is 0 Å².